The summed E-state index contributed by atoms with van der Waals surface area (Å²) < 4.78 is 0. The standard InChI is InChI=1S/C16H29N7O5S/c17-9(3-1-5-20-16(18)19)15(28)23-6-2-4-11(23)14(27)22-10(8-29)13(26)21-7-12(24)25/h9-11,29H,1-8,17H2,(H,21,26)(H,22,27)(H,24,25)(H4,18,19,20). The number of likely N-dealkylation sites (tertiary alicyclic amines) is 1. The molecular formula is C16H29N7O5S. The molecule has 1 heterocycles. The minimum absolute atomic E-state index is 0.0256. The summed E-state index contributed by atoms with van der Waals surface area (Å²) in [4.78, 5) is 53.0. The lowest BCUT2D eigenvalue weighted by molar-refractivity contribution is -0.141. The summed E-state index contributed by atoms with van der Waals surface area (Å²) in [5, 5.41) is 13.3. The minimum atomic E-state index is -1.20. The SMILES string of the molecule is NC(N)=NCCCC(N)C(=O)N1CCCC1C(=O)NC(CS)C(=O)NCC(=O)O. The van der Waals surface area contributed by atoms with E-state index in [2.05, 4.69) is 28.3 Å². The van der Waals surface area contributed by atoms with E-state index >= 15 is 0 Å². The van der Waals surface area contributed by atoms with Gasteiger partial charge in [0.15, 0.2) is 5.96 Å². The zero-order valence-electron chi connectivity index (χ0n) is 16.0. The molecule has 12 nitrogen and oxygen atoms in total. The molecule has 1 fully saturated rings. The van der Waals surface area contributed by atoms with Crippen LogP contribution in [0.2, 0.25) is 0 Å². The molecule has 1 aliphatic rings. The predicted molar refractivity (Wildman–Crippen MR) is 109 cm³/mol. The van der Waals surface area contributed by atoms with Crippen molar-refractivity contribution in [3.05, 3.63) is 0 Å². The fourth-order valence-corrected chi connectivity index (χ4v) is 3.16. The summed E-state index contributed by atoms with van der Waals surface area (Å²) in [5.74, 6) is -2.79. The fourth-order valence-electron chi connectivity index (χ4n) is 2.91. The summed E-state index contributed by atoms with van der Waals surface area (Å²) in [6, 6.07) is -2.56. The van der Waals surface area contributed by atoms with Crippen LogP contribution in [0.5, 0.6) is 0 Å². The van der Waals surface area contributed by atoms with Gasteiger partial charge in [-0.15, -0.1) is 0 Å². The molecule has 3 atom stereocenters. The van der Waals surface area contributed by atoms with Crippen LogP contribution < -0.4 is 27.8 Å². The maximum absolute atomic E-state index is 12.6. The number of hydrogen-bond donors (Lipinski definition) is 7. The lowest BCUT2D eigenvalue weighted by Crippen LogP contribution is -2.56. The first-order valence-electron chi connectivity index (χ1n) is 9.19. The van der Waals surface area contributed by atoms with Gasteiger partial charge in [-0.1, -0.05) is 0 Å². The van der Waals surface area contributed by atoms with E-state index in [-0.39, 0.29) is 17.6 Å². The highest BCUT2D eigenvalue weighted by atomic mass is 32.1. The van der Waals surface area contributed by atoms with E-state index < -0.39 is 42.5 Å². The molecule has 0 saturated carbocycles. The van der Waals surface area contributed by atoms with Crippen molar-refractivity contribution in [3.63, 3.8) is 0 Å². The Bertz CT molecular complexity index is 641. The normalized spacial score (nSPS) is 17.9. The van der Waals surface area contributed by atoms with E-state index in [1.165, 1.54) is 4.90 Å². The summed E-state index contributed by atoms with van der Waals surface area (Å²) >= 11 is 4.02. The molecule has 164 valence electrons. The number of nitrogens with zero attached hydrogens (tertiary/aromatic N) is 2. The maximum Gasteiger partial charge on any atom is 0.322 e. The first-order chi connectivity index (χ1) is 13.7. The molecule has 9 N–H and O–H groups in total. The lowest BCUT2D eigenvalue weighted by atomic mass is 10.1. The number of amides is 3. The number of nitrogens with two attached hydrogens (primary N) is 3. The van der Waals surface area contributed by atoms with Gasteiger partial charge in [0.1, 0.15) is 18.6 Å². The Morgan fingerprint density at radius 3 is 2.55 bits per heavy atom. The molecule has 13 heteroatoms. The van der Waals surface area contributed by atoms with Crippen molar-refractivity contribution < 1.29 is 24.3 Å². The predicted octanol–water partition coefficient (Wildman–Crippen LogP) is -3.03. The van der Waals surface area contributed by atoms with Crippen molar-refractivity contribution >= 4 is 42.3 Å². The zero-order valence-corrected chi connectivity index (χ0v) is 16.9. The quantitative estimate of drug-likeness (QED) is 0.0773. The van der Waals surface area contributed by atoms with E-state index in [9.17, 15) is 19.2 Å². The van der Waals surface area contributed by atoms with Crippen molar-refractivity contribution in [1.82, 2.24) is 15.5 Å². The number of carboxylic acids is 1. The lowest BCUT2D eigenvalue weighted by Gasteiger charge is -2.28. The molecule has 0 spiro atoms. The largest absolute Gasteiger partial charge is 0.480 e. The van der Waals surface area contributed by atoms with Crippen LogP contribution in [-0.4, -0.2) is 83.2 Å². The van der Waals surface area contributed by atoms with E-state index in [0.717, 1.165) is 0 Å². The molecule has 0 aromatic carbocycles. The number of aliphatic imine (C=N–C) groups is 1. The number of guanidine groups is 1. The van der Waals surface area contributed by atoms with Gasteiger partial charge >= 0.3 is 5.97 Å². The highest BCUT2D eigenvalue weighted by Gasteiger charge is 2.37. The van der Waals surface area contributed by atoms with Gasteiger partial charge in [-0.05, 0) is 25.7 Å². The van der Waals surface area contributed by atoms with Gasteiger partial charge in [0, 0.05) is 18.8 Å². The van der Waals surface area contributed by atoms with Gasteiger partial charge in [-0.3, -0.25) is 24.2 Å². The molecule has 0 radical (unpaired) electrons. The number of nitrogens with one attached hydrogen (secondary N) is 2. The Hall–Kier alpha value is -2.54. The van der Waals surface area contributed by atoms with Crippen LogP contribution in [0.1, 0.15) is 25.7 Å². The number of thiol groups is 1. The third-order valence-corrected chi connectivity index (χ3v) is 4.72. The molecule has 1 aliphatic heterocycles. The van der Waals surface area contributed by atoms with E-state index in [1.807, 2.05) is 0 Å². The monoisotopic (exact) mass is 431 g/mol. The Morgan fingerprint density at radius 1 is 1.28 bits per heavy atom. The third-order valence-electron chi connectivity index (χ3n) is 4.35. The summed E-state index contributed by atoms with van der Waals surface area (Å²) in [5.41, 5.74) is 16.4. The molecule has 0 aromatic rings. The maximum atomic E-state index is 12.6. The minimum Gasteiger partial charge on any atom is -0.480 e. The van der Waals surface area contributed by atoms with Crippen molar-refractivity contribution in [3.8, 4) is 0 Å². The Labute approximate surface area is 174 Å². The van der Waals surface area contributed by atoms with Crippen LogP contribution in [0.3, 0.4) is 0 Å². The second-order valence-corrected chi connectivity index (χ2v) is 6.97. The van der Waals surface area contributed by atoms with Gasteiger partial charge in [-0.25, -0.2) is 0 Å². The van der Waals surface area contributed by atoms with Crippen molar-refractivity contribution in [2.75, 3.05) is 25.4 Å². The number of carbonyl (C=O) groups excluding carboxylic acids is 3. The van der Waals surface area contributed by atoms with Crippen LogP contribution in [0, 0.1) is 0 Å². The van der Waals surface area contributed by atoms with E-state index in [1.54, 1.807) is 0 Å². The highest BCUT2D eigenvalue weighted by Crippen LogP contribution is 2.19. The molecule has 3 amide bonds. The van der Waals surface area contributed by atoms with Crippen molar-refractivity contribution in [1.29, 1.82) is 0 Å². The molecule has 29 heavy (non-hydrogen) atoms. The third kappa shape index (κ3) is 8.15. The van der Waals surface area contributed by atoms with Gasteiger partial charge in [0.25, 0.3) is 0 Å². The summed E-state index contributed by atoms with van der Waals surface area (Å²) in [6.45, 7) is 0.166. The van der Waals surface area contributed by atoms with Gasteiger partial charge < -0.3 is 37.8 Å². The second kappa shape index (κ2) is 12.1. The first kappa shape index (κ1) is 24.5. The number of carbonyl (C=O) groups is 4. The van der Waals surface area contributed by atoms with Crippen molar-refractivity contribution in [2.45, 2.75) is 43.8 Å². The average Bonchev–Trinajstić information content (AvgIpc) is 3.16. The average molecular weight is 432 g/mol. The molecule has 1 rings (SSSR count). The van der Waals surface area contributed by atoms with Crippen molar-refractivity contribution in [2.24, 2.45) is 22.2 Å². The van der Waals surface area contributed by atoms with Crippen LogP contribution in [-0.2, 0) is 19.2 Å². The molecule has 0 aromatic heterocycles. The molecule has 3 unspecified atom stereocenters. The zero-order chi connectivity index (χ0) is 22.0. The van der Waals surface area contributed by atoms with E-state index in [4.69, 9.17) is 22.3 Å². The summed E-state index contributed by atoms with van der Waals surface area (Å²) in [7, 11) is 0. The Kier molecular flexibility index (Phi) is 10.2. The molecule has 1 saturated heterocycles. The summed E-state index contributed by atoms with van der Waals surface area (Å²) in [6.07, 6.45) is 1.94. The van der Waals surface area contributed by atoms with Gasteiger partial charge in [-0.2, -0.15) is 12.6 Å². The van der Waals surface area contributed by atoms with Gasteiger partial charge in [0.05, 0.1) is 6.04 Å². The van der Waals surface area contributed by atoms with Crippen LogP contribution in [0.15, 0.2) is 4.99 Å². The number of aliphatic carboxylic acids is 1. The van der Waals surface area contributed by atoms with Crippen LogP contribution in [0.25, 0.3) is 0 Å². The molecule has 0 bridgehead atoms. The Balaban J connectivity index is 2.63. The molecule has 0 aliphatic carbocycles. The number of carboxylic acid groups (broad SMARTS) is 1. The first-order valence-corrected chi connectivity index (χ1v) is 9.82. The second-order valence-electron chi connectivity index (χ2n) is 6.60. The smallest absolute Gasteiger partial charge is 0.322 e. The Morgan fingerprint density at radius 2 is 1.97 bits per heavy atom. The fraction of sp³-hybridized carbons (Fsp3) is 0.688. The van der Waals surface area contributed by atoms with Crippen LogP contribution >= 0.6 is 12.6 Å². The number of rotatable bonds is 11. The van der Waals surface area contributed by atoms with Gasteiger partial charge in [0.2, 0.25) is 17.7 Å². The topological polar surface area (TPSA) is 206 Å². The molecular weight excluding hydrogens is 402 g/mol. The van der Waals surface area contributed by atoms with Crippen LogP contribution in [0.4, 0.5) is 0 Å². The van der Waals surface area contributed by atoms with E-state index in [0.29, 0.717) is 38.8 Å². The highest BCUT2D eigenvalue weighted by molar-refractivity contribution is 7.80. The number of hydrogen-bond acceptors (Lipinski definition) is 7.